The Morgan fingerprint density at radius 1 is 1.15 bits per heavy atom. The smallest absolute Gasteiger partial charge is 0.161 e. The van der Waals surface area contributed by atoms with Gasteiger partial charge in [-0.2, -0.15) is 0 Å². The summed E-state index contributed by atoms with van der Waals surface area (Å²) in [6, 6.07) is 6.72. The lowest BCUT2D eigenvalue weighted by molar-refractivity contribution is 0.286. The van der Waals surface area contributed by atoms with E-state index >= 15 is 0 Å². The molecule has 2 atom stereocenters. The Morgan fingerprint density at radius 3 is 2.35 bits per heavy atom. The number of benzene rings is 1. The van der Waals surface area contributed by atoms with Crippen molar-refractivity contribution < 1.29 is 9.47 Å². The zero-order chi connectivity index (χ0) is 14.5. The maximum Gasteiger partial charge on any atom is 0.161 e. The van der Waals surface area contributed by atoms with Crippen molar-refractivity contribution in [2.24, 2.45) is 11.8 Å². The van der Waals surface area contributed by atoms with Gasteiger partial charge in [0.15, 0.2) is 11.5 Å². The van der Waals surface area contributed by atoms with Gasteiger partial charge in [0.25, 0.3) is 0 Å². The number of nitrogens with one attached hydrogen (secondary N) is 1. The minimum absolute atomic E-state index is 0.386. The predicted octanol–water partition coefficient (Wildman–Crippen LogP) is 3.79. The van der Waals surface area contributed by atoms with E-state index in [1.165, 1.54) is 18.4 Å². The average molecular weight is 277 g/mol. The summed E-state index contributed by atoms with van der Waals surface area (Å²) in [5.41, 5.74) is 1.29. The quantitative estimate of drug-likeness (QED) is 0.784. The minimum atomic E-state index is 0.386. The Morgan fingerprint density at radius 2 is 1.80 bits per heavy atom. The van der Waals surface area contributed by atoms with Crippen LogP contribution in [0.15, 0.2) is 18.2 Å². The van der Waals surface area contributed by atoms with Crippen LogP contribution in [0.25, 0.3) is 0 Å². The molecular weight excluding hydrogens is 250 g/mol. The van der Waals surface area contributed by atoms with Crippen LogP contribution < -0.4 is 14.8 Å². The molecule has 0 heterocycles. The van der Waals surface area contributed by atoms with E-state index in [0.717, 1.165) is 17.4 Å². The zero-order valence-electron chi connectivity index (χ0n) is 13.1. The molecule has 2 unspecified atom stereocenters. The molecule has 0 radical (unpaired) electrons. The number of rotatable bonds is 8. The first-order valence-electron chi connectivity index (χ1n) is 7.78. The van der Waals surface area contributed by atoms with Gasteiger partial charge in [0.1, 0.15) is 0 Å². The molecular formula is C17H27NO2. The minimum Gasteiger partial charge on any atom is -0.490 e. The molecule has 3 nitrogen and oxygen atoms in total. The van der Waals surface area contributed by atoms with Crippen molar-refractivity contribution in [3.05, 3.63) is 23.8 Å². The Bertz CT molecular complexity index is 429. The topological polar surface area (TPSA) is 30.5 Å². The van der Waals surface area contributed by atoms with Crippen LogP contribution >= 0.6 is 0 Å². The zero-order valence-corrected chi connectivity index (χ0v) is 13.1. The molecule has 0 saturated heterocycles. The fourth-order valence-electron chi connectivity index (χ4n) is 2.89. The first-order chi connectivity index (χ1) is 9.71. The Kier molecular flexibility index (Phi) is 5.30. The predicted molar refractivity (Wildman–Crippen MR) is 82.5 cm³/mol. The highest BCUT2D eigenvalue weighted by molar-refractivity contribution is 5.44. The van der Waals surface area contributed by atoms with Crippen molar-refractivity contribution in [1.82, 2.24) is 5.32 Å². The van der Waals surface area contributed by atoms with Crippen molar-refractivity contribution in [2.75, 3.05) is 20.3 Å². The third-order valence-electron chi connectivity index (χ3n) is 4.13. The molecule has 2 rings (SSSR count). The van der Waals surface area contributed by atoms with Gasteiger partial charge in [-0.05, 0) is 63.3 Å². The van der Waals surface area contributed by atoms with Crippen molar-refractivity contribution in [2.45, 2.75) is 39.7 Å². The molecule has 0 bridgehead atoms. The summed E-state index contributed by atoms with van der Waals surface area (Å²) >= 11 is 0. The monoisotopic (exact) mass is 277 g/mol. The molecule has 1 aliphatic carbocycles. The second-order valence-corrected chi connectivity index (χ2v) is 5.54. The number of ether oxygens (including phenoxy) is 2. The SMILES string of the molecule is CCOc1ccc(C(NC)C(C)C2CC2)cc1OCC. The van der Waals surface area contributed by atoms with Crippen molar-refractivity contribution >= 4 is 0 Å². The molecule has 1 aromatic rings. The lowest BCUT2D eigenvalue weighted by Gasteiger charge is -2.25. The van der Waals surface area contributed by atoms with E-state index in [9.17, 15) is 0 Å². The van der Waals surface area contributed by atoms with Gasteiger partial charge < -0.3 is 14.8 Å². The van der Waals surface area contributed by atoms with E-state index in [4.69, 9.17) is 9.47 Å². The summed E-state index contributed by atoms with van der Waals surface area (Å²) in [6.07, 6.45) is 2.74. The lowest BCUT2D eigenvalue weighted by atomic mass is 9.90. The standard InChI is InChI=1S/C17H27NO2/c1-5-19-15-10-9-14(11-16(15)20-6-2)17(18-4)12(3)13-7-8-13/h9-13,17-18H,5-8H2,1-4H3. The fraction of sp³-hybridized carbons (Fsp3) is 0.647. The summed E-state index contributed by atoms with van der Waals surface area (Å²) in [6.45, 7) is 7.66. The molecule has 112 valence electrons. The van der Waals surface area contributed by atoms with Gasteiger partial charge in [0.05, 0.1) is 13.2 Å². The van der Waals surface area contributed by atoms with Crippen molar-refractivity contribution in [3.63, 3.8) is 0 Å². The first kappa shape index (κ1) is 15.2. The maximum absolute atomic E-state index is 5.73. The van der Waals surface area contributed by atoms with Gasteiger partial charge in [-0.1, -0.05) is 13.0 Å². The van der Waals surface area contributed by atoms with E-state index in [1.807, 2.05) is 27.0 Å². The van der Waals surface area contributed by atoms with Crippen LogP contribution in [-0.4, -0.2) is 20.3 Å². The average Bonchev–Trinajstić information content (AvgIpc) is 3.27. The van der Waals surface area contributed by atoms with E-state index in [2.05, 4.69) is 24.4 Å². The summed E-state index contributed by atoms with van der Waals surface area (Å²) in [5.74, 6) is 3.23. The highest BCUT2D eigenvalue weighted by atomic mass is 16.5. The van der Waals surface area contributed by atoms with E-state index in [0.29, 0.717) is 25.2 Å². The lowest BCUT2D eigenvalue weighted by Crippen LogP contribution is -2.24. The van der Waals surface area contributed by atoms with Crippen LogP contribution in [0.4, 0.5) is 0 Å². The fourth-order valence-corrected chi connectivity index (χ4v) is 2.89. The molecule has 1 fully saturated rings. The highest BCUT2D eigenvalue weighted by Crippen LogP contribution is 2.43. The molecule has 0 spiro atoms. The van der Waals surface area contributed by atoms with Crippen LogP contribution in [0.5, 0.6) is 11.5 Å². The highest BCUT2D eigenvalue weighted by Gasteiger charge is 2.33. The second-order valence-electron chi connectivity index (χ2n) is 5.54. The molecule has 1 N–H and O–H groups in total. The normalized spacial score (nSPS) is 17.6. The maximum atomic E-state index is 5.73. The first-order valence-corrected chi connectivity index (χ1v) is 7.78. The molecule has 3 heteroatoms. The molecule has 0 amide bonds. The Labute approximate surface area is 122 Å². The van der Waals surface area contributed by atoms with E-state index in [-0.39, 0.29) is 0 Å². The molecule has 20 heavy (non-hydrogen) atoms. The van der Waals surface area contributed by atoms with E-state index in [1.54, 1.807) is 0 Å². The Hall–Kier alpha value is -1.22. The molecule has 1 aliphatic rings. The number of hydrogen-bond donors (Lipinski definition) is 1. The van der Waals surface area contributed by atoms with Crippen LogP contribution in [0, 0.1) is 11.8 Å². The van der Waals surface area contributed by atoms with Gasteiger partial charge in [-0.3, -0.25) is 0 Å². The second kappa shape index (κ2) is 6.98. The molecule has 1 aromatic carbocycles. The van der Waals surface area contributed by atoms with Crippen LogP contribution in [0.1, 0.15) is 45.2 Å². The summed E-state index contributed by atoms with van der Waals surface area (Å²) < 4.78 is 11.4. The van der Waals surface area contributed by atoms with Gasteiger partial charge in [0, 0.05) is 6.04 Å². The molecule has 0 aromatic heterocycles. The summed E-state index contributed by atoms with van der Waals surface area (Å²) in [7, 11) is 2.04. The van der Waals surface area contributed by atoms with Crippen LogP contribution in [-0.2, 0) is 0 Å². The third kappa shape index (κ3) is 3.45. The van der Waals surface area contributed by atoms with Crippen LogP contribution in [0.3, 0.4) is 0 Å². The largest absolute Gasteiger partial charge is 0.490 e. The van der Waals surface area contributed by atoms with Crippen molar-refractivity contribution in [1.29, 1.82) is 0 Å². The molecule has 0 aliphatic heterocycles. The van der Waals surface area contributed by atoms with Gasteiger partial charge in [0.2, 0.25) is 0 Å². The van der Waals surface area contributed by atoms with Crippen LogP contribution in [0.2, 0.25) is 0 Å². The summed E-state index contributed by atoms with van der Waals surface area (Å²) in [4.78, 5) is 0. The van der Waals surface area contributed by atoms with E-state index < -0.39 is 0 Å². The van der Waals surface area contributed by atoms with Gasteiger partial charge >= 0.3 is 0 Å². The van der Waals surface area contributed by atoms with Crippen molar-refractivity contribution in [3.8, 4) is 11.5 Å². The Balaban J connectivity index is 2.23. The van der Waals surface area contributed by atoms with Gasteiger partial charge in [-0.15, -0.1) is 0 Å². The third-order valence-corrected chi connectivity index (χ3v) is 4.13. The summed E-state index contributed by atoms with van der Waals surface area (Å²) in [5, 5.41) is 3.46. The molecule has 1 saturated carbocycles. The van der Waals surface area contributed by atoms with Gasteiger partial charge in [-0.25, -0.2) is 0 Å². The number of hydrogen-bond acceptors (Lipinski definition) is 3.